The zero-order valence-electron chi connectivity index (χ0n) is 9.76. The van der Waals surface area contributed by atoms with Crippen LogP contribution >= 0.6 is 0 Å². The molecule has 12 heavy (non-hydrogen) atoms. The fourth-order valence-electron chi connectivity index (χ4n) is 0. The minimum atomic E-state index is -0.148. The highest BCUT2D eigenvalue weighted by Gasteiger charge is 1.97. The van der Waals surface area contributed by atoms with Crippen molar-refractivity contribution in [3.05, 3.63) is 0 Å². The van der Waals surface area contributed by atoms with Crippen molar-refractivity contribution in [3.8, 4) is 0 Å². The Morgan fingerprint density at radius 2 is 0.750 bits per heavy atom. The van der Waals surface area contributed by atoms with Crippen LogP contribution < -0.4 is 0 Å². The molecular formula is C11H26O. The fourth-order valence-corrected chi connectivity index (χ4v) is 0. The number of rotatable bonds is 2. The molecule has 0 rings (SSSR count). The Hall–Kier alpha value is -0.0400. The summed E-state index contributed by atoms with van der Waals surface area (Å²) in [4.78, 5) is 0. The molecule has 0 aliphatic carbocycles. The van der Waals surface area contributed by atoms with Crippen molar-refractivity contribution in [1.29, 1.82) is 0 Å². The summed E-state index contributed by atoms with van der Waals surface area (Å²) in [6.45, 7) is 14.7. The van der Waals surface area contributed by atoms with Gasteiger partial charge in [0.1, 0.15) is 0 Å². The fraction of sp³-hybridized carbons (Fsp3) is 1.00. The van der Waals surface area contributed by atoms with Gasteiger partial charge in [-0.25, -0.2) is 0 Å². The summed E-state index contributed by atoms with van der Waals surface area (Å²) in [5, 5.41) is 8.63. The first kappa shape index (κ1) is 14.5. The number of aliphatic hydroxyl groups excluding tert-OH is 1. The maximum absolute atomic E-state index is 8.63. The normalized spacial score (nSPS) is 13.2. The topological polar surface area (TPSA) is 20.2 Å². The molecule has 0 aliphatic rings. The maximum atomic E-state index is 8.63. The molecule has 0 heterocycles. The molecular weight excluding hydrogens is 148 g/mol. The Bertz CT molecular complexity index is 59.0. The van der Waals surface area contributed by atoms with Gasteiger partial charge in [0.15, 0.2) is 0 Å². The molecule has 1 heteroatoms. The molecule has 1 N–H and O–H groups in total. The van der Waals surface area contributed by atoms with E-state index >= 15 is 0 Å². The summed E-state index contributed by atoms with van der Waals surface area (Å²) in [5.41, 5.74) is 0. The van der Waals surface area contributed by atoms with E-state index in [2.05, 4.69) is 27.7 Å². The first-order valence-corrected chi connectivity index (χ1v) is 4.97. The van der Waals surface area contributed by atoms with Crippen LogP contribution in [-0.4, -0.2) is 11.2 Å². The number of hydrogen-bond acceptors (Lipinski definition) is 1. The average Bonchev–Trinajstić information content (AvgIpc) is 1.88. The molecule has 0 aliphatic heterocycles. The zero-order chi connectivity index (χ0) is 10.3. The van der Waals surface area contributed by atoms with Crippen LogP contribution in [0, 0.1) is 17.8 Å². The van der Waals surface area contributed by atoms with Crippen LogP contribution in [0.1, 0.15) is 48.5 Å². The highest BCUT2D eigenvalue weighted by atomic mass is 16.3. The Morgan fingerprint density at radius 1 is 0.583 bits per heavy atom. The molecule has 0 bridgehead atoms. The van der Waals surface area contributed by atoms with Crippen molar-refractivity contribution in [1.82, 2.24) is 0 Å². The second-order valence-corrected chi connectivity index (χ2v) is 4.47. The molecule has 0 aromatic heterocycles. The molecule has 76 valence electrons. The predicted molar refractivity (Wildman–Crippen MR) is 56.2 cm³/mol. The van der Waals surface area contributed by atoms with Crippen molar-refractivity contribution in [2.24, 2.45) is 17.8 Å². The molecule has 0 spiro atoms. The molecule has 0 fully saturated rings. The number of aliphatic hydroxyl groups is 1. The third kappa shape index (κ3) is 12.6. The number of hydrogen-bond donors (Lipinski definition) is 1. The van der Waals surface area contributed by atoms with Crippen molar-refractivity contribution in [2.75, 3.05) is 0 Å². The molecule has 0 saturated carbocycles. The van der Waals surface area contributed by atoms with Gasteiger partial charge in [-0.2, -0.15) is 0 Å². The van der Waals surface area contributed by atoms with Crippen molar-refractivity contribution < 1.29 is 5.11 Å². The van der Waals surface area contributed by atoms with Crippen molar-refractivity contribution >= 4 is 0 Å². The average molecular weight is 174 g/mol. The minimum absolute atomic E-state index is 0.148. The maximum Gasteiger partial charge on any atom is 0.0535 e. The van der Waals surface area contributed by atoms with E-state index in [4.69, 9.17) is 5.11 Å². The van der Waals surface area contributed by atoms with Crippen LogP contribution in [0.3, 0.4) is 0 Å². The molecule has 0 unspecified atom stereocenters. The summed E-state index contributed by atoms with van der Waals surface area (Å²) in [7, 11) is 0. The van der Waals surface area contributed by atoms with Gasteiger partial charge in [0.2, 0.25) is 0 Å². The van der Waals surface area contributed by atoms with Gasteiger partial charge < -0.3 is 5.11 Å². The van der Waals surface area contributed by atoms with Crippen molar-refractivity contribution in [2.45, 2.75) is 54.6 Å². The van der Waals surface area contributed by atoms with Gasteiger partial charge >= 0.3 is 0 Å². The summed E-state index contributed by atoms with van der Waals surface area (Å²) in [5.74, 6) is 2.11. The lowest BCUT2D eigenvalue weighted by atomic mass is 10.0. The Balaban J connectivity index is 0. The van der Waals surface area contributed by atoms with Gasteiger partial charge in [0, 0.05) is 0 Å². The second kappa shape index (κ2) is 7.60. The van der Waals surface area contributed by atoms with Crippen LogP contribution in [0.4, 0.5) is 0 Å². The zero-order valence-corrected chi connectivity index (χ0v) is 9.76. The molecule has 0 aromatic rings. The van der Waals surface area contributed by atoms with E-state index < -0.39 is 0 Å². The van der Waals surface area contributed by atoms with Crippen molar-refractivity contribution in [3.63, 3.8) is 0 Å². The first-order chi connectivity index (χ1) is 5.29. The lowest BCUT2D eigenvalue weighted by Gasteiger charge is -2.05. The van der Waals surface area contributed by atoms with Gasteiger partial charge in [0.05, 0.1) is 6.10 Å². The van der Waals surface area contributed by atoms with E-state index in [1.165, 1.54) is 0 Å². The largest absolute Gasteiger partial charge is 0.393 e. The minimum Gasteiger partial charge on any atom is -0.393 e. The van der Waals surface area contributed by atoms with Crippen LogP contribution in [-0.2, 0) is 0 Å². The van der Waals surface area contributed by atoms with E-state index in [0.717, 1.165) is 11.8 Å². The van der Waals surface area contributed by atoms with E-state index in [-0.39, 0.29) is 6.10 Å². The molecule has 0 amide bonds. The van der Waals surface area contributed by atoms with Gasteiger partial charge in [-0.3, -0.25) is 0 Å². The highest BCUT2D eigenvalue weighted by Crippen LogP contribution is 2.05. The van der Waals surface area contributed by atoms with Crippen LogP contribution in [0.2, 0.25) is 0 Å². The second-order valence-electron chi connectivity index (χ2n) is 4.47. The molecule has 1 atom stereocenters. The van der Waals surface area contributed by atoms with Gasteiger partial charge in [0.25, 0.3) is 0 Å². The summed E-state index contributed by atoms with van der Waals surface area (Å²) >= 11 is 0. The standard InChI is InChI=1S/C6H14.C5H12O/c1-5(2)6(3)4;1-4(2)5(3)6/h5-6H,1-4H3;4-6H,1-3H3/t;5-/m.0/s1. The van der Waals surface area contributed by atoms with E-state index in [0.29, 0.717) is 5.92 Å². The van der Waals surface area contributed by atoms with Gasteiger partial charge in [-0.05, 0) is 24.7 Å². The lowest BCUT2D eigenvalue weighted by Crippen LogP contribution is -2.07. The predicted octanol–water partition coefficient (Wildman–Crippen LogP) is 3.32. The van der Waals surface area contributed by atoms with Crippen LogP contribution in [0.25, 0.3) is 0 Å². The van der Waals surface area contributed by atoms with E-state index in [9.17, 15) is 0 Å². The third-order valence-electron chi connectivity index (χ3n) is 2.30. The first-order valence-electron chi connectivity index (χ1n) is 4.97. The summed E-state index contributed by atoms with van der Waals surface area (Å²) in [6, 6.07) is 0. The monoisotopic (exact) mass is 174 g/mol. The Morgan fingerprint density at radius 3 is 0.750 bits per heavy atom. The Kier molecular flexibility index (Phi) is 9.17. The molecule has 0 radical (unpaired) electrons. The van der Waals surface area contributed by atoms with Crippen LogP contribution in [0.15, 0.2) is 0 Å². The Labute approximate surface area is 78.2 Å². The molecule has 1 nitrogen and oxygen atoms in total. The smallest absolute Gasteiger partial charge is 0.0535 e. The molecule has 0 saturated heterocycles. The quantitative estimate of drug-likeness (QED) is 0.681. The third-order valence-corrected chi connectivity index (χ3v) is 2.30. The molecule has 0 aromatic carbocycles. The van der Waals surface area contributed by atoms with Gasteiger partial charge in [-0.15, -0.1) is 0 Å². The SMILES string of the molecule is CC(C)C(C)C.CC(C)[C@H](C)O. The summed E-state index contributed by atoms with van der Waals surface area (Å²) in [6.07, 6.45) is -0.148. The van der Waals surface area contributed by atoms with Crippen LogP contribution in [0.5, 0.6) is 0 Å². The van der Waals surface area contributed by atoms with E-state index in [1.54, 1.807) is 6.92 Å². The van der Waals surface area contributed by atoms with Gasteiger partial charge in [-0.1, -0.05) is 41.5 Å². The lowest BCUT2D eigenvalue weighted by molar-refractivity contribution is 0.144. The van der Waals surface area contributed by atoms with E-state index in [1.807, 2.05) is 13.8 Å². The summed E-state index contributed by atoms with van der Waals surface area (Å²) < 4.78 is 0. The highest BCUT2D eigenvalue weighted by molar-refractivity contribution is 4.48.